The number of nitrogens with zero attached hydrogens (tertiary/aromatic N) is 1. The highest BCUT2D eigenvalue weighted by atomic mass is 35.5. The van der Waals surface area contributed by atoms with Gasteiger partial charge in [-0.2, -0.15) is 0 Å². The highest BCUT2D eigenvalue weighted by molar-refractivity contribution is 6.29. The van der Waals surface area contributed by atoms with Gasteiger partial charge in [0, 0.05) is 13.0 Å². The first kappa shape index (κ1) is 12.3. The van der Waals surface area contributed by atoms with Crippen molar-refractivity contribution in [3.63, 3.8) is 0 Å². The van der Waals surface area contributed by atoms with Crippen molar-refractivity contribution in [1.29, 1.82) is 0 Å². The summed E-state index contributed by atoms with van der Waals surface area (Å²) >= 11 is 5.69. The summed E-state index contributed by atoms with van der Waals surface area (Å²) in [6.07, 6.45) is 6.49. The van der Waals surface area contributed by atoms with Crippen molar-refractivity contribution in [1.82, 2.24) is 4.98 Å². The minimum atomic E-state index is -1.04. The van der Waals surface area contributed by atoms with Crippen LogP contribution >= 0.6 is 11.6 Å². The molecule has 1 heterocycles. The molecule has 0 atom stereocenters. The molecule has 1 rings (SSSR count). The van der Waals surface area contributed by atoms with E-state index in [2.05, 4.69) is 16.2 Å². The zero-order valence-corrected chi connectivity index (χ0v) is 9.29. The van der Waals surface area contributed by atoms with Crippen LogP contribution in [0, 0.1) is 12.3 Å². The summed E-state index contributed by atoms with van der Waals surface area (Å²) < 4.78 is 0. The predicted octanol–water partition coefficient (Wildman–Crippen LogP) is 2.26. The van der Waals surface area contributed by atoms with Crippen molar-refractivity contribution in [2.75, 3.05) is 11.9 Å². The van der Waals surface area contributed by atoms with Crippen LogP contribution in [0.2, 0.25) is 5.15 Å². The Morgan fingerprint density at radius 2 is 2.38 bits per heavy atom. The number of anilines is 1. The normalized spacial score (nSPS) is 9.50. The number of hydrogen-bond donors (Lipinski definition) is 2. The average Bonchev–Trinajstić information content (AvgIpc) is 2.24. The maximum atomic E-state index is 10.9. The molecule has 0 saturated heterocycles. The standard InChI is InChI=1S/C11H11ClN2O2/c1-2-3-4-7-13-10-8(11(15)16)5-6-9(12)14-10/h1,5-6H,3-4,7H2,(H,13,14)(H,15,16). The summed E-state index contributed by atoms with van der Waals surface area (Å²) in [4.78, 5) is 14.8. The Morgan fingerprint density at radius 1 is 1.62 bits per heavy atom. The third-order valence-corrected chi connectivity index (χ3v) is 2.09. The van der Waals surface area contributed by atoms with E-state index in [1.807, 2.05) is 0 Å². The number of terminal acetylenes is 1. The number of aromatic carboxylic acids is 1. The molecule has 1 aromatic rings. The quantitative estimate of drug-likeness (QED) is 0.469. The average molecular weight is 239 g/mol. The first-order valence-corrected chi connectivity index (χ1v) is 5.10. The van der Waals surface area contributed by atoms with Gasteiger partial charge in [0.2, 0.25) is 0 Å². The van der Waals surface area contributed by atoms with Gasteiger partial charge in [0.25, 0.3) is 0 Å². The minimum absolute atomic E-state index is 0.102. The van der Waals surface area contributed by atoms with E-state index in [1.54, 1.807) is 0 Å². The highest BCUT2D eigenvalue weighted by Gasteiger charge is 2.11. The molecule has 2 N–H and O–H groups in total. The molecular weight excluding hydrogens is 228 g/mol. The van der Waals surface area contributed by atoms with Crippen molar-refractivity contribution in [2.45, 2.75) is 12.8 Å². The minimum Gasteiger partial charge on any atom is -0.478 e. The van der Waals surface area contributed by atoms with Crippen molar-refractivity contribution in [3.8, 4) is 12.3 Å². The van der Waals surface area contributed by atoms with E-state index >= 15 is 0 Å². The molecule has 0 amide bonds. The number of carbonyl (C=O) groups is 1. The number of pyridine rings is 1. The van der Waals surface area contributed by atoms with Crippen LogP contribution in [0.25, 0.3) is 0 Å². The van der Waals surface area contributed by atoms with Crippen LogP contribution in [0.15, 0.2) is 12.1 Å². The fourth-order valence-electron chi connectivity index (χ4n) is 1.14. The zero-order chi connectivity index (χ0) is 12.0. The van der Waals surface area contributed by atoms with Crippen LogP contribution in [-0.2, 0) is 0 Å². The van der Waals surface area contributed by atoms with Crippen molar-refractivity contribution in [2.24, 2.45) is 0 Å². The number of unbranched alkanes of at least 4 members (excludes halogenated alkanes) is 1. The molecule has 0 unspecified atom stereocenters. The number of aromatic nitrogens is 1. The van der Waals surface area contributed by atoms with Gasteiger partial charge in [0.1, 0.15) is 16.5 Å². The van der Waals surface area contributed by atoms with Crippen molar-refractivity contribution in [3.05, 3.63) is 22.8 Å². The summed E-state index contributed by atoms with van der Waals surface area (Å²) in [5.74, 6) is 1.74. The van der Waals surface area contributed by atoms with Gasteiger partial charge in [0.15, 0.2) is 0 Å². The fourth-order valence-corrected chi connectivity index (χ4v) is 1.29. The molecule has 0 aromatic carbocycles. The van der Waals surface area contributed by atoms with E-state index < -0.39 is 5.97 Å². The lowest BCUT2D eigenvalue weighted by Crippen LogP contribution is -2.09. The summed E-state index contributed by atoms with van der Waals surface area (Å²) in [6.45, 7) is 0.567. The van der Waals surface area contributed by atoms with Gasteiger partial charge in [-0.1, -0.05) is 11.6 Å². The second-order valence-corrected chi connectivity index (χ2v) is 3.46. The van der Waals surface area contributed by atoms with Gasteiger partial charge in [-0.25, -0.2) is 9.78 Å². The molecule has 1 aromatic heterocycles. The van der Waals surface area contributed by atoms with Crippen LogP contribution in [0.4, 0.5) is 5.82 Å². The SMILES string of the molecule is C#CCCCNc1nc(Cl)ccc1C(=O)O. The molecule has 84 valence electrons. The van der Waals surface area contributed by atoms with Gasteiger partial charge in [-0.3, -0.25) is 0 Å². The Labute approximate surface area is 98.6 Å². The topological polar surface area (TPSA) is 62.2 Å². The Bertz CT molecular complexity index is 426. The van der Waals surface area contributed by atoms with Gasteiger partial charge < -0.3 is 10.4 Å². The molecule has 0 saturated carbocycles. The Kier molecular flexibility index (Phi) is 4.62. The second-order valence-electron chi connectivity index (χ2n) is 3.07. The zero-order valence-electron chi connectivity index (χ0n) is 8.53. The van der Waals surface area contributed by atoms with Gasteiger partial charge >= 0.3 is 5.97 Å². The number of halogens is 1. The Morgan fingerprint density at radius 3 is 3.00 bits per heavy atom. The predicted molar refractivity (Wildman–Crippen MR) is 62.8 cm³/mol. The summed E-state index contributed by atoms with van der Waals surface area (Å²) in [6, 6.07) is 2.86. The number of hydrogen-bond acceptors (Lipinski definition) is 3. The van der Waals surface area contributed by atoms with Gasteiger partial charge in [-0.15, -0.1) is 12.3 Å². The number of carboxylic acids is 1. The first-order valence-electron chi connectivity index (χ1n) is 4.72. The third-order valence-electron chi connectivity index (χ3n) is 1.88. The molecular formula is C11H11ClN2O2. The number of rotatable bonds is 5. The molecule has 0 fully saturated rings. The smallest absolute Gasteiger partial charge is 0.339 e. The van der Waals surface area contributed by atoms with E-state index in [1.165, 1.54) is 12.1 Å². The fraction of sp³-hybridized carbons (Fsp3) is 0.273. The first-order chi connectivity index (χ1) is 7.65. The van der Waals surface area contributed by atoms with Crippen LogP contribution in [0.1, 0.15) is 23.2 Å². The Balaban J connectivity index is 2.73. The van der Waals surface area contributed by atoms with E-state index in [9.17, 15) is 4.79 Å². The third kappa shape index (κ3) is 3.44. The molecule has 0 bridgehead atoms. The van der Waals surface area contributed by atoms with Crippen LogP contribution in [-0.4, -0.2) is 22.6 Å². The van der Waals surface area contributed by atoms with Gasteiger partial charge in [0.05, 0.1) is 0 Å². The molecule has 16 heavy (non-hydrogen) atoms. The lowest BCUT2D eigenvalue weighted by molar-refractivity contribution is 0.0697. The van der Waals surface area contributed by atoms with Crippen LogP contribution in [0.3, 0.4) is 0 Å². The molecule has 0 radical (unpaired) electrons. The lowest BCUT2D eigenvalue weighted by atomic mass is 10.2. The van der Waals surface area contributed by atoms with E-state index in [0.717, 1.165) is 6.42 Å². The number of nitrogens with one attached hydrogen (secondary N) is 1. The summed E-state index contributed by atoms with van der Waals surface area (Å²) in [5.41, 5.74) is 0.102. The maximum Gasteiger partial charge on any atom is 0.339 e. The molecule has 0 spiro atoms. The Hall–Kier alpha value is -1.73. The van der Waals surface area contributed by atoms with E-state index in [4.69, 9.17) is 23.1 Å². The number of carboxylic acid groups (broad SMARTS) is 1. The van der Waals surface area contributed by atoms with Gasteiger partial charge in [-0.05, 0) is 18.6 Å². The van der Waals surface area contributed by atoms with Crippen molar-refractivity contribution >= 4 is 23.4 Å². The second kappa shape index (κ2) is 5.99. The molecule has 0 aliphatic heterocycles. The molecule has 0 aliphatic carbocycles. The monoisotopic (exact) mass is 238 g/mol. The van der Waals surface area contributed by atoms with Crippen LogP contribution < -0.4 is 5.32 Å². The summed E-state index contributed by atoms with van der Waals surface area (Å²) in [7, 11) is 0. The van der Waals surface area contributed by atoms with Crippen molar-refractivity contribution < 1.29 is 9.90 Å². The largest absolute Gasteiger partial charge is 0.478 e. The molecule has 0 aliphatic rings. The highest BCUT2D eigenvalue weighted by Crippen LogP contribution is 2.16. The van der Waals surface area contributed by atoms with E-state index in [-0.39, 0.29) is 16.5 Å². The summed E-state index contributed by atoms with van der Waals surface area (Å²) in [5, 5.41) is 12.1. The maximum absolute atomic E-state index is 10.9. The van der Waals surface area contributed by atoms with Crippen LogP contribution in [0.5, 0.6) is 0 Å². The molecule has 5 heteroatoms. The van der Waals surface area contributed by atoms with E-state index in [0.29, 0.717) is 13.0 Å². The molecule has 4 nitrogen and oxygen atoms in total. The lowest BCUT2D eigenvalue weighted by Gasteiger charge is -2.07.